The first-order valence-electron chi connectivity index (χ1n) is 9.07. The van der Waals surface area contributed by atoms with E-state index in [9.17, 15) is 9.59 Å². The summed E-state index contributed by atoms with van der Waals surface area (Å²) in [6, 6.07) is 11.3. The highest BCUT2D eigenvalue weighted by molar-refractivity contribution is 6.00. The molecule has 5 rings (SSSR count). The average molecular weight is 372 g/mol. The topological polar surface area (TPSA) is 112 Å². The van der Waals surface area contributed by atoms with Crippen molar-refractivity contribution in [2.24, 2.45) is 0 Å². The number of urea groups is 1. The molecule has 1 unspecified atom stereocenters. The van der Waals surface area contributed by atoms with Crippen LogP contribution >= 0.6 is 0 Å². The number of carbonyl (C=O) groups excluding carboxylic acids is 2. The molecule has 3 aromatic rings. The first kappa shape index (κ1) is 16.4. The summed E-state index contributed by atoms with van der Waals surface area (Å²) < 4.78 is 1.70. The van der Waals surface area contributed by atoms with E-state index >= 15 is 0 Å². The van der Waals surface area contributed by atoms with Crippen LogP contribution in [0.25, 0.3) is 5.65 Å². The van der Waals surface area contributed by atoms with E-state index in [0.29, 0.717) is 17.2 Å². The third-order valence-corrected chi connectivity index (χ3v) is 5.44. The molecule has 3 atom stereocenters. The number of benzene rings is 1. The molecule has 1 aliphatic carbocycles. The molecule has 0 bridgehead atoms. The molecule has 1 saturated heterocycles. The van der Waals surface area contributed by atoms with Gasteiger partial charge in [0.25, 0.3) is 0 Å². The monoisotopic (exact) mass is 372 g/mol. The number of nitrogens with zero attached hydrogens (tertiary/aromatic N) is 4. The van der Waals surface area contributed by atoms with Crippen molar-refractivity contribution >= 4 is 17.6 Å². The molecular formula is C20H16N6O2. The molecule has 2 fully saturated rings. The zero-order chi connectivity index (χ0) is 19.3. The number of imide groups is 1. The lowest BCUT2D eigenvalue weighted by Crippen LogP contribution is -2.51. The van der Waals surface area contributed by atoms with E-state index in [1.54, 1.807) is 16.9 Å². The van der Waals surface area contributed by atoms with E-state index in [4.69, 9.17) is 5.26 Å². The highest BCUT2D eigenvalue weighted by Crippen LogP contribution is 2.55. The van der Waals surface area contributed by atoms with E-state index in [0.717, 1.165) is 17.6 Å². The van der Waals surface area contributed by atoms with Crippen LogP contribution in [0.3, 0.4) is 0 Å². The number of hydrogen-bond acceptors (Lipinski definition) is 5. The summed E-state index contributed by atoms with van der Waals surface area (Å²) >= 11 is 0. The van der Waals surface area contributed by atoms with Gasteiger partial charge in [-0.3, -0.25) is 10.1 Å². The van der Waals surface area contributed by atoms with Crippen molar-refractivity contribution in [1.29, 1.82) is 5.26 Å². The number of amides is 3. The maximum absolute atomic E-state index is 12.3. The molecule has 8 nitrogen and oxygen atoms in total. The van der Waals surface area contributed by atoms with Gasteiger partial charge in [0.15, 0.2) is 5.65 Å². The molecule has 0 radical (unpaired) electrons. The highest BCUT2D eigenvalue weighted by atomic mass is 16.2. The minimum Gasteiger partial charge on any atom is -0.337 e. The Bertz CT molecular complexity index is 1140. The molecule has 0 spiro atoms. The van der Waals surface area contributed by atoms with Gasteiger partial charge in [0.2, 0.25) is 5.91 Å². The molecule has 1 aromatic carbocycles. The third kappa shape index (κ3) is 2.68. The Hall–Kier alpha value is -3.73. The van der Waals surface area contributed by atoms with Gasteiger partial charge in [-0.1, -0.05) is 12.1 Å². The summed E-state index contributed by atoms with van der Waals surface area (Å²) in [6.45, 7) is 0.223. The zero-order valence-electron chi connectivity index (χ0n) is 14.8. The van der Waals surface area contributed by atoms with Gasteiger partial charge in [-0.05, 0) is 42.0 Å². The minimum atomic E-state index is -0.532. The molecule has 2 aromatic heterocycles. The van der Waals surface area contributed by atoms with Crippen LogP contribution in [0.15, 0.2) is 42.7 Å². The van der Waals surface area contributed by atoms with Gasteiger partial charge in [0, 0.05) is 24.5 Å². The summed E-state index contributed by atoms with van der Waals surface area (Å²) in [6.07, 6.45) is 4.43. The molecular weight excluding hydrogens is 356 g/mol. The van der Waals surface area contributed by atoms with Crippen LogP contribution in [0.2, 0.25) is 0 Å². The van der Waals surface area contributed by atoms with Crippen molar-refractivity contribution in [3.05, 3.63) is 65.1 Å². The van der Waals surface area contributed by atoms with Crippen molar-refractivity contribution in [1.82, 2.24) is 25.2 Å². The lowest BCUT2D eigenvalue weighted by atomic mass is 9.99. The molecule has 1 saturated carbocycles. The molecule has 138 valence electrons. The lowest BCUT2D eigenvalue weighted by Gasteiger charge is -2.22. The van der Waals surface area contributed by atoms with E-state index < -0.39 is 11.9 Å². The summed E-state index contributed by atoms with van der Waals surface area (Å²) in [7, 11) is 0. The van der Waals surface area contributed by atoms with E-state index in [1.807, 2.05) is 30.3 Å². The Kier molecular flexibility index (Phi) is 3.62. The normalized spacial score (nSPS) is 23.8. The fraction of sp³-hybridized carbons (Fsp3) is 0.250. The number of nitriles is 1. The number of carbonyl (C=O) groups is 2. The van der Waals surface area contributed by atoms with Gasteiger partial charge in [-0.2, -0.15) is 10.4 Å². The fourth-order valence-electron chi connectivity index (χ4n) is 3.89. The van der Waals surface area contributed by atoms with Gasteiger partial charge in [-0.25, -0.2) is 14.3 Å². The number of rotatable bonds is 3. The van der Waals surface area contributed by atoms with Crippen LogP contribution in [-0.2, 0) is 4.79 Å². The molecule has 2 aliphatic rings. The molecule has 1 aliphatic heterocycles. The predicted octanol–water partition coefficient (Wildman–Crippen LogP) is 1.80. The summed E-state index contributed by atoms with van der Waals surface area (Å²) in [5, 5.41) is 18.5. The maximum atomic E-state index is 12.3. The Morgan fingerprint density at radius 3 is 2.75 bits per heavy atom. The largest absolute Gasteiger partial charge is 0.337 e. The van der Waals surface area contributed by atoms with Gasteiger partial charge in [0.05, 0.1) is 23.2 Å². The van der Waals surface area contributed by atoms with E-state index in [-0.39, 0.29) is 18.4 Å². The Morgan fingerprint density at radius 1 is 1.18 bits per heavy atom. The number of hydrogen-bond donors (Lipinski definition) is 2. The lowest BCUT2D eigenvalue weighted by molar-refractivity contribution is -0.122. The third-order valence-electron chi connectivity index (χ3n) is 5.44. The summed E-state index contributed by atoms with van der Waals surface area (Å²) in [5.74, 6) is -0.249. The molecule has 3 heterocycles. The smallest absolute Gasteiger partial charge is 0.321 e. The molecule has 2 N–H and O–H groups in total. The van der Waals surface area contributed by atoms with Crippen molar-refractivity contribution in [3.63, 3.8) is 0 Å². The summed E-state index contributed by atoms with van der Waals surface area (Å²) in [4.78, 5) is 28.1. The highest BCUT2D eigenvalue weighted by Gasteiger charge is 2.42. The van der Waals surface area contributed by atoms with E-state index in [2.05, 4.69) is 26.8 Å². The zero-order valence-corrected chi connectivity index (χ0v) is 14.8. The molecule has 8 heteroatoms. The van der Waals surface area contributed by atoms with Crippen LogP contribution in [0.1, 0.15) is 46.6 Å². The number of fused-ring (bicyclic) bond motifs is 1. The van der Waals surface area contributed by atoms with Crippen LogP contribution < -0.4 is 10.6 Å². The van der Waals surface area contributed by atoms with Crippen molar-refractivity contribution < 1.29 is 9.59 Å². The van der Waals surface area contributed by atoms with Crippen LogP contribution in [0.5, 0.6) is 0 Å². The fourth-order valence-corrected chi connectivity index (χ4v) is 3.89. The quantitative estimate of drug-likeness (QED) is 0.728. The second-order valence-electron chi connectivity index (χ2n) is 7.15. The molecule has 28 heavy (non-hydrogen) atoms. The Morgan fingerprint density at radius 2 is 2.00 bits per heavy atom. The average Bonchev–Trinajstić information content (AvgIpc) is 3.36. The second kappa shape index (κ2) is 6.16. The Balaban J connectivity index is 1.49. The van der Waals surface area contributed by atoms with Crippen molar-refractivity contribution in [2.45, 2.75) is 24.2 Å². The number of imidazole rings is 1. The first-order chi connectivity index (χ1) is 13.6. The molecule has 3 amide bonds. The van der Waals surface area contributed by atoms with Crippen molar-refractivity contribution in [2.75, 3.05) is 6.54 Å². The van der Waals surface area contributed by atoms with Crippen molar-refractivity contribution in [3.8, 4) is 6.07 Å². The first-order valence-corrected chi connectivity index (χ1v) is 9.07. The van der Waals surface area contributed by atoms with Crippen LogP contribution in [-0.4, -0.2) is 33.1 Å². The van der Waals surface area contributed by atoms with Crippen LogP contribution in [0.4, 0.5) is 4.79 Å². The summed E-state index contributed by atoms with van der Waals surface area (Å²) in [5.41, 5.74) is 4.28. The standard InChI is InChI=1S/C20H16N6O2/c21-9-11-1-3-12(4-2-11)13-7-14(13)15-8-17(25-26-6-5-22-18(15)26)16-10-23-20(28)24-19(16)27/h1-6,8,13-14,16H,7,10H2,(H2,23,24,27,28)/t13-,14+,16?/m1/s1. The van der Waals surface area contributed by atoms with Gasteiger partial charge >= 0.3 is 6.03 Å². The number of aromatic nitrogens is 3. The minimum absolute atomic E-state index is 0.223. The van der Waals surface area contributed by atoms with Gasteiger partial charge in [0.1, 0.15) is 0 Å². The van der Waals surface area contributed by atoms with Gasteiger partial charge in [-0.15, -0.1) is 0 Å². The maximum Gasteiger partial charge on any atom is 0.321 e. The van der Waals surface area contributed by atoms with E-state index in [1.165, 1.54) is 5.56 Å². The van der Waals surface area contributed by atoms with Gasteiger partial charge < -0.3 is 5.32 Å². The van der Waals surface area contributed by atoms with Crippen LogP contribution in [0, 0.1) is 11.3 Å². The SMILES string of the molecule is N#Cc1ccc([C@H]2C[C@@H]2c2cc(C3CNC(=O)NC3=O)nn3ccnc23)cc1. The number of nitrogens with one attached hydrogen (secondary N) is 2. The Labute approximate surface area is 160 Å². The predicted molar refractivity (Wildman–Crippen MR) is 98.5 cm³/mol. The second-order valence-corrected chi connectivity index (χ2v) is 7.15.